The zero-order valence-electron chi connectivity index (χ0n) is 15.7. The van der Waals surface area contributed by atoms with Crippen molar-refractivity contribution < 1.29 is 17.9 Å². The highest BCUT2D eigenvalue weighted by atomic mass is 19.4. The molecule has 0 amide bonds. The second-order valence-electron chi connectivity index (χ2n) is 6.92. The molecule has 0 bridgehead atoms. The van der Waals surface area contributed by atoms with Gasteiger partial charge in [-0.25, -0.2) is 0 Å². The molecule has 0 unspecified atom stereocenters. The Balaban J connectivity index is 2.49. The molecule has 0 aliphatic heterocycles. The minimum atomic E-state index is -4.16. The Morgan fingerprint density at radius 3 is 2.48 bits per heavy atom. The molecule has 0 saturated heterocycles. The molecule has 0 spiro atoms. The number of nitrogens with zero attached hydrogens (tertiary/aromatic N) is 2. The first kappa shape index (κ1) is 22.0. The van der Waals surface area contributed by atoms with Crippen molar-refractivity contribution in [2.45, 2.75) is 45.2 Å². The number of hydrogen-bond donors (Lipinski definition) is 2. The van der Waals surface area contributed by atoms with Gasteiger partial charge in [-0.15, -0.1) is 0 Å². The van der Waals surface area contributed by atoms with E-state index in [1.54, 1.807) is 7.11 Å². The van der Waals surface area contributed by atoms with Gasteiger partial charge in [0.2, 0.25) is 0 Å². The van der Waals surface area contributed by atoms with Crippen molar-refractivity contribution in [3.05, 3.63) is 0 Å². The average molecular weight is 366 g/mol. The molecule has 0 aromatic heterocycles. The van der Waals surface area contributed by atoms with Crippen LogP contribution in [0.4, 0.5) is 13.2 Å². The van der Waals surface area contributed by atoms with E-state index in [1.807, 2.05) is 6.92 Å². The van der Waals surface area contributed by atoms with Gasteiger partial charge in [0.05, 0.1) is 6.54 Å². The van der Waals surface area contributed by atoms with Gasteiger partial charge in [0, 0.05) is 39.9 Å². The third-order valence-corrected chi connectivity index (χ3v) is 4.65. The number of alkyl halides is 3. The Labute approximate surface area is 149 Å². The maximum atomic E-state index is 12.3. The van der Waals surface area contributed by atoms with E-state index in [-0.39, 0.29) is 5.41 Å². The van der Waals surface area contributed by atoms with Gasteiger partial charge in [0.1, 0.15) is 0 Å². The minimum absolute atomic E-state index is 0.200. The summed E-state index contributed by atoms with van der Waals surface area (Å²) in [5, 5.41) is 6.30. The molecule has 0 atom stereocenters. The fourth-order valence-electron chi connectivity index (χ4n) is 3.27. The number of halogens is 3. The summed E-state index contributed by atoms with van der Waals surface area (Å²) >= 11 is 0. The van der Waals surface area contributed by atoms with Gasteiger partial charge in [0.25, 0.3) is 0 Å². The number of guanidine groups is 1. The zero-order valence-corrected chi connectivity index (χ0v) is 15.7. The number of rotatable bonds is 10. The quantitative estimate of drug-likeness (QED) is 0.461. The van der Waals surface area contributed by atoms with E-state index in [1.165, 1.54) is 24.8 Å². The van der Waals surface area contributed by atoms with Crippen LogP contribution in [0.15, 0.2) is 4.99 Å². The number of nitrogens with one attached hydrogen (secondary N) is 2. The van der Waals surface area contributed by atoms with Crippen LogP contribution in [-0.2, 0) is 4.74 Å². The fourth-order valence-corrected chi connectivity index (χ4v) is 3.27. The highest BCUT2D eigenvalue weighted by Crippen LogP contribution is 2.41. The van der Waals surface area contributed by atoms with Crippen molar-refractivity contribution in [1.29, 1.82) is 0 Å². The number of ether oxygens (including phenoxy) is 1. The molecular formula is C17H33F3N4O. The van der Waals surface area contributed by atoms with Crippen molar-refractivity contribution in [3.8, 4) is 0 Å². The van der Waals surface area contributed by atoms with Crippen LogP contribution >= 0.6 is 0 Å². The molecular weight excluding hydrogens is 333 g/mol. The SMILES string of the molecule is CCNC(=NCC1(CCOC)CCCC1)NCCN(C)CC(F)(F)F. The van der Waals surface area contributed by atoms with Crippen LogP contribution in [0.2, 0.25) is 0 Å². The molecule has 0 aromatic rings. The van der Waals surface area contributed by atoms with E-state index >= 15 is 0 Å². The van der Waals surface area contributed by atoms with Gasteiger partial charge in [-0.2, -0.15) is 13.2 Å². The van der Waals surface area contributed by atoms with E-state index in [9.17, 15) is 13.2 Å². The monoisotopic (exact) mass is 366 g/mol. The van der Waals surface area contributed by atoms with E-state index < -0.39 is 12.7 Å². The van der Waals surface area contributed by atoms with Crippen molar-refractivity contribution in [2.24, 2.45) is 10.4 Å². The van der Waals surface area contributed by atoms with Crippen molar-refractivity contribution >= 4 is 5.96 Å². The van der Waals surface area contributed by atoms with Gasteiger partial charge in [-0.1, -0.05) is 12.8 Å². The Bertz CT molecular complexity index is 396. The molecule has 1 rings (SSSR count). The summed E-state index contributed by atoms with van der Waals surface area (Å²) in [5.74, 6) is 0.673. The molecule has 1 aliphatic carbocycles. The van der Waals surface area contributed by atoms with E-state index in [0.717, 1.165) is 39.0 Å². The van der Waals surface area contributed by atoms with Gasteiger partial charge in [-0.05, 0) is 38.6 Å². The van der Waals surface area contributed by atoms with Crippen LogP contribution in [0.3, 0.4) is 0 Å². The topological polar surface area (TPSA) is 48.9 Å². The van der Waals surface area contributed by atoms with Crippen molar-refractivity contribution in [3.63, 3.8) is 0 Å². The predicted molar refractivity (Wildman–Crippen MR) is 94.9 cm³/mol. The average Bonchev–Trinajstić information content (AvgIpc) is 2.98. The minimum Gasteiger partial charge on any atom is -0.385 e. The molecule has 2 N–H and O–H groups in total. The summed E-state index contributed by atoms with van der Waals surface area (Å²) in [5.41, 5.74) is 0.200. The molecule has 5 nitrogen and oxygen atoms in total. The summed E-state index contributed by atoms with van der Waals surface area (Å²) in [7, 11) is 3.19. The second kappa shape index (κ2) is 10.9. The van der Waals surface area contributed by atoms with Crippen molar-refractivity contribution in [2.75, 3.05) is 53.5 Å². The van der Waals surface area contributed by atoms with Crippen LogP contribution in [-0.4, -0.2) is 70.5 Å². The highest BCUT2D eigenvalue weighted by molar-refractivity contribution is 5.79. The molecule has 148 valence electrons. The van der Waals surface area contributed by atoms with E-state index in [2.05, 4.69) is 10.6 Å². The number of likely N-dealkylation sites (N-methyl/N-ethyl adjacent to an activating group) is 1. The maximum Gasteiger partial charge on any atom is 0.401 e. The fraction of sp³-hybridized carbons (Fsp3) is 0.941. The second-order valence-corrected chi connectivity index (χ2v) is 6.92. The molecule has 0 aromatic carbocycles. The Hall–Kier alpha value is -1.02. The molecule has 1 aliphatic rings. The summed E-state index contributed by atoms with van der Waals surface area (Å²) in [6.07, 6.45) is 1.61. The summed E-state index contributed by atoms with van der Waals surface area (Å²) < 4.78 is 42.3. The van der Waals surface area contributed by atoms with Crippen LogP contribution in [0.5, 0.6) is 0 Å². The zero-order chi connectivity index (χ0) is 18.8. The third kappa shape index (κ3) is 9.30. The van der Waals surface area contributed by atoms with Gasteiger partial charge < -0.3 is 15.4 Å². The van der Waals surface area contributed by atoms with Gasteiger partial charge >= 0.3 is 6.18 Å². The molecule has 1 saturated carbocycles. The lowest BCUT2D eigenvalue weighted by Crippen LogP contribution is -2.43. The first-order chi connectivity index (χ1) is 11.8. The highest BCUT2D eigenvalue weighted by Gasteiger charge is 2.33. The normalized spacial score (nSPS) is 18.0. The lowest BCUT2D eigenvalue weighted by atomic mass is 9.83. The number of aliphatic imine (C=N–C) groups is 1. The van der Waals surface area contributed by atoms with Crippen LogP contribution < -0.4 is 10.6 Å². The Morgan fingerprint density at radius 1 is 1.24 bits per heavy atom. The van der Waals surface area contributed by atoms with Crippen molar-refractivity contribution in [1.82, 2.24) is 15.5 Å². The molecule has 25 heavy (non-hydrogen) atoms. The maximum absolute atomic E-state index is 12.3. The van der Waals surface area contributed by atoms with Gasteiger partial charge in [-0.3, -0.25) is 9.89 Å². The lowest BCUT2D eigenvalue weighted by molar-refractivity contribution is -0.142. The van der Waals surface area contributed by atoms with Gasteiger partial charge in [0.15, 0.2) is 5.96 Å². The Morgan fingerprint density at radius 2 is 1.92 bits per heavy atom. The van der Waals surface area contributed by atoms with Crippen LogP contribution in [0.25, 0.3) is 0 Å². The summed E-state index contributed by atoms with van der Waals surface area (Å²) in [6, 6.07) is 0. The molecule has 1 fully saturated rings. The molecule has 0 radical (unpaired) electrons. The lowest BCUT2D eigenvalue weighted by Gasteiger charge is -2.27. The molecule has 8 heteroatoms. The number of hydrogen-bond acceptors (Lipinski definition) is 3. The number of methoxy groups -OCH3 is 1. The Kier molecular flexibility index (Phi) is 9.56. The first-order valence-corrected chi connectivity index (χ1v) is 9.07. The third-order valence-electron chi connectivity index (χ3n) is 4.65. The summed E-state index contributed by atoms with van der Waals surface area (Å²) in [4.78, 5) is 5.95. The first-order valence-electron chi connectivity index (χ1n) is 9.07. The smallest absolute Gasteiger partial charge is 0.385 e. The summed E-state index contributed by atoms with van der Waals surface area (Å²) in [6.45, 7) is 3.98. The van der Waals surface area contributed by atoms with Crippen LogP contribution in [0.1, 0.15) is 39.0 Å². The van der Waals surface area contributed by atoms with E-state index in [0.29, 0.717) is 19.0 Å². The molecule has 0 heterocycles. The standard InChI is InChI=1S/C17H33F3N4O/c1-4-21-15(22-10-11-24(2)14-17(18,19)20)23-13-16(9-12-25-3)7-5-6-8-16/h4-14H2,1-3H3,(H2,21,22,23). The predicted octanol–water partition coefficient (Wildman–Crippen LogP) is 2.63. The van der Waals surface area contributed by atoms with Crippen LogP contribution in [0, 0.1) is 5.41 Å². The van der Waals surface area contributed by atoms with E-state index in [4.69, 9.17) is 9.73 Å². The largest absolute Gasteiger partial charge is 0.401 e.